The first-order chi connectivity index (χ1) is 12.3. The molecule has 0 saturated heterocycles. The molecule has 140 valence electrons. The van der Waals surface area contributed by atoms with Crippen molar-refractivity contribution in [1.29, 1.82) is 0 Å². The molecule has 0 aliphatic carbocycles. The van der Waals surface area contributed by atoms with Gasteiger partial charge >= 0.3 is 0 Å². The third-order valence-corrected chi connectivity index (χ3v) is 5.41. The monoisotopic (exact) mass is 374 g/mol. The molecule has 1 amide bonds. The van der Waals surface area contributed by atoms with E-state index >= 15 is 0 Å². The molecule has 0 bridgehead atoms. The van der Waals surface area contributed by atoms with Crippen molar-refractivity contribution in [1.82, 2.24) is 9.62 Å². The minimum Gasteiger partial charge on any atom is -0.348 e. The molecule has 6 heteroatoms. The van der Waals surface area contributed by atoms with Gasteiger partial charge in [0.15, 0.2) is 0 Å². The Balaban J connectivity index is 2.07. The standard InChI is InChI=1S/C20H26N2O3S/c1-4-19(18-12-10-16(2)11-13-18)21-20(23)15-22(26(3,24)25)14-17-8-6-5-7-9-17/h5-13,19H,4,14-15H2,1-3H3,(H,21,23)/t19-/m0/s1. The van der Waals surface area contributed by atoms with Crippen LogP contribution in [0.5, 0.6) is 0 Å². The van der Waals surface area contributed by atoms with Crippen LogP contribution < -0.4 is 5.32 Å². The Morgan fingerprint density at radius 2 is 1.69 bits per heavy atom. The maximum atomic E-state index is 12.5. The maximum Gasteiger partial charge on any atom is 0.235 e. The highest BCUT2D eigenvalue weighted by Gasteiger charge is 2.22. The maximum absolute atomic E-state index is 12.5. The van der Waals surface area contributed by atoms with Crippen molar-refractivity contribution in [3.8, 4) is 0 Å². The van der Waals surface area contributed by atoms with Gasteiger partial charge in [-0.1, -0.05) is 67.1 Å². The largest absolute Gasteiger partial charge is 0.348 e. The third-order valence-electron chi connectivity index (χ3n) is 4.21. The fourth-order valence-electron chi connectivity index (χ4n) is 2.70. The molecule has 1 atom stereocenters. The fourth-order valence-corrected chi connectivity index (χ4v) is 3.43. The SMILES string of the molecule is CC[C@H](NC(=O)CN(Cc1ccccc1)S(C)(=O)=O)c1ccc(C)cc1. The fraction of sp³-hybridized carbons (Fsp3) is 0.350. The van der Waals surface area contributed by atoms with E-state index < -0.39 is 10.0 Å². The second-order valence-corrected chi connectivity index (χ2v) is 8.44. The van der Waals surface area contributed by atoms with Gasteiger partial charge in [0.25, 0.3) is 0 Å². The molecule has 5 nitrogen and oxygen atoms in total. The molecular formula is C20H26N2O3S. The molecule has 2 aromatic rings. The summed E-state index contributed by atoms with van der Waals surface area (Å²) in [4.78, 5) is 12.5. The number of nitrogens with one attached hydrogen (secondary N) is 1. The number of benzene rings is 2. The summed E-state index contributed by atoms with van der Waals surface area (Å²) in [5, 5.41) is 2.95. The van der Waals surface area contributed by atoms with Gasteiger partial charge in [0.1, 0.15) is 0 Å². The average molecular weight is 375 g/mol. The van der Waals surface area contributed by atoms with E-state index in [-0.39, 0.29) is 25.0 Å². The van der Waals surface area contributed by atoms with Crippen LogP contribution in [0.1, 0.15) is 36.1 Å². The quantitative estimate of drug-likeness (QED) is 0.772. The highest BCUT2D eigenvalue weighted by Crippen LogP contribution is 2.17. The number of nitrogens with zero attached hydrogens (tertiary/aromatic N) is 1. The number of sulfonamides is 1. The van der Waals surface area contributed by atoms with E-state index in [9.17, 15) is 13.2 Å². The Hall–Kier alpha value is -2.18. The number of hydrogen-bond donors (Lipinski definition) is 1. The van der Waals surface area contributed by atoms with Crippen LogP contribution in [0.15, 0.2) is 54.6 Å². The zero-order valence-electron chi connectivity index (χ0n) is 15.5. The molecule has 0 spiro atoms. The van der Waals surface area contributed by atoms with Crippen molar-refractivity contribution >= 4 is 15.9 Å². The second kappa shape index (κ2) is 8.96. The summed E-state index contributed by atoms with van der Waals surface area (Å²) in [5.41, 5.74) is 3.01. The van der Waals surface area contributed by atoms with Gasteiger partial charge in [-0.05, 0) is 24.5 Å². The molecular weight excluding hydrogens is 348 g/mol. The normalized spacial score (nSPS) is 12.8. The zero-order valence-corrected chi connectivity index (χ0v) is 16.3. The van der Waals surface area contributed by atoms with Crippen molar-refractivity contribution < 1.29 is 13.2 Å². The Morgan fingerprint density at radius 3 is 2.23 bits per heavy atom. The van der Waals surface area contributed by atoms with Crippen LogP contribution in [0.25, 0.3) is 0 Å². The van der Waals surface area contributed by atoms with E-state index in [0.717, 1.165) is 29.4 Å². The van der Waals surface area contributed by atoms with Crippen LogP contribution in [0.2, 0.25) is 0 Å². The van der Waals surface area contributed by atoms with Gasteiger partial charge in [-0.15, -0.1) is 0 Å². The first-order valence-electron chi connectivity index (χ1n) is 8.64. The van der Waals surface area contributed by atoms with Gasteiger partial charge in [0.2, 0.25) is 15.9 Å². The predicted octanol–water partition coefficient (Wildman–Crippen LogP) is 3.02. The predicted molar refractivity (Wildman–Crippen MR) is 104 cm³/mol. The van der Waals surface area contributed by atoms with Gasteiger partial charge in [-0.3, -0.25) is 4.79 Å². The van der Waals surface area contributed by atoms with Crippen LogP contribution in [0.3, 0.4) is 0 Å². The smallest absolute Gasteiger partial charge is 0.235 e. The summed E-state index contributed by atoms with van der Waals surface area (Å²) in [6.07, 6.45) is 1.85. The van der Waals surface area contributed by atoms with Gasteiger partial charge in [-0.25, -0.2) is 8.42 Å². The lowest BCUT2D eigenvalue weighted by Crippen LogP contribution is -2.41. The number of carbonyl (C=O) groups excluding carboxylic acids is 1. The number of carbonyl (C=O) groups is 1. The van der Waals surface area contributed by atoms with Gasteiger partial charge < -0.3 is 5.32 Å². The van der Waals surface area contributed by atoms with Crippen molar-refractivity contribution in [2.24, 2.45) is 0 Å². The van der Waals surface area contributed by atoms with Crippen LogP contribution in [-0.4, -0.2) is 31.4 Å². The topological polar surface area (TPSA) is 66.5 Å². The van der Waals surface area contributed by atoms with Crippen LogP contribution >= 0.6 is 0 Å². The lowest BCUT2D eigenvalue weighted by Gasteiger charge is -2.22. The molecule has 0 saturated carbocycles. The molecule has 2 aromatic carbocycles. The number of aryl methyl sites for hydroxylation is 1. The third kappa shape index (κ3) is 5.97. The summed E-state index contributed by atoms with van der Waals surface area (Å²) >= 11 is 0. The van der Waals surface area contributed by atoms with Crippen LogP contribution in [0, 0.1) is 6.92 Å². The first kappa shape index (κ1) is 20.1. The lowest BCUT2D eigenvalue weighted by atomic mass is 10.0. The Bertz CT molecular complexity index is 818. The first-order valence-corrected chi connectivity index (χ1v) is 10.5. The van der Waals surface area contributed by atoms with Gasteiger partial charge in [0, 0.05) is 6.54 Å². The molecule has 0 radical (unpaired) electrons. The molecule has 0 aromatic heterocycles. The summed E-state index contributed by atoms with van der Waals surface area (Å²) in [5.74, 6) is -0.307. The highest BCUT2D eigenvalue weighted by molar-refractivity contribution is 7.88. The Morgan fingerprint density at radius 1 is 1.08 bits per heavy atom. The average Bonchev–Trinajstić information content (AvgIpc) is 2.60. The molecule has 0 aliphatic rings. The number of rotatable bonds is 8. The lowest BCUT2D eigenvalue weighted by molar-refractivity contribution is -0.122. The summed E-state index contributed by atoms with van der Waals surface area (Å²) < 4.78 is 25.4. The van der Waals surface area contributed by atoms with Crippen molar-refractivity contribution in [3.63, 3.8) is 0 Å². The molecule has 0 aliphatic heterocycles. The van der Waals surface area contributed by atoms with Crippen molar-refractivity contribution in [2.75, 3.05) is 12.8 Å². The van der Waals surface area contributed by atoms with E-state index in [1.165, 1.54) is 4.31 Å². The molecule has 2 rings (SSSR count). The van der Waals surface area contributed by atoms with Gasteiger partial charge in [-0.2, -0.15) is 4.31 Å². The van der Waals surface area contributed by atoms with E-state index in [1.807, 2.05) is 68.4 Å². The van der Waals surface area contributed by atoms with Crippen molar-refractivity contribution in [2.45, 2.75) is 32.9 Å². The number of hydrogen-bond acceptors (Lipinski definition) is 3. The summed E-state index contributed by atoms with van der Waals surface area (Å²) in [6.45, 7) is 3.98. The van der Waals surface area contributed by atoms with Crippen LogP contribution in [-0.2, 0) is 21.4 Å². The minimum absolute atomic E-state index is 0.138. The van der Waals surface area contributed by atoms with E-state index in [1.54, 1.807) is 0 Å². The van der Waals surface area contributed by atoms with E-state index in [4.69, 9.17) is 0 Å². The Kier molecular flexibility index (Phi) is 6.94. The van der Waals surface area contributed by atoms with Crippen LogP contribution in [0.4, 0.5) is 0 Å². The Labute approximate surface area is 156 Å². The summed E-state index contributed by atoms with van der Waals surface area (Å²) in [7, 11) is -3.50. The molecule has 26 heavy (non-hydrogen) atoms. The second-order valence-electron chi connectivity index (χ2n) is 6.46. The molecule has 0 heterocycles. The summed E-state index contributed by atoms with van der Waals surface area (Å²) in [6, 6.07) is 17.1. The van der Waals surface area contributed by atoms with E-state index in [0.29, 0.717) is 0 Å². The molecule has 1 N–H and O–H groups in total. The molecule has 0 unspecified atom stereocenters. The zero-order chi connectivity index (χ0) is 19.2. The highest BCUT2D eigenvalue weighted by atomic mass is 32.2. The van der Waals surface area contributed by atoms with Gasteiger partial charge in [0.05, 0.1) is 18.8 Å². The molecule has 0 fully saturated rings. The van der Waals surface area contributed by atoms with Crippen molar-refractivity contribution in [3.05, 3.63) is 71.3 Å². The number of amides is 1. The minimum atomic E-state index is -3.50. The van der Waals surface area contributed by atoms with E-state index in [2.05, 4.69) is 5.32 Å².